The van der Waals surface area contributed by atoms with E-state index >= 15 is 0 Å². The summed E-state index contributed by atoms with van der Waals surface area (Å²) in [4.78, 5) is 18.5. The van der Waals surface area contributed by atoms with Gasteiger partial charge in [0.05, 0.1) is 19.0 Å². The largest absolute Gasteiger partial charge is 0.496 e. The monoisotopic (exact) mass is 351 g/mol. The predicted molar refractivity (Wildman–Crippen MR) is 97.1 cm³/mol. The normalized spacial score (nSPS) is 27.8. The van der Waals surface area contributed by atoms with Crippen LogP contribution in [0.25, 0.3) is 11.2 Å². The number of hydrogen-bond acceptors (Lipinski definition) is 6. The molecule has 2 aromatic heterocycles. The Balaban J connectivity index is 1.53. The highest BCUT2D eigenvalue weighted by Gasteiger charge is 2.50. The molecule has 2 aliphatic rings. The van der Waals surface area contributed by atoms with E-state index in [0.29, 0.717) is 18.5 Å². The number of benzene rings is 1. The number of rotatable bonds is 3. The smallest absolute Gasteiger partial charge is 0.182 e. The fourth-order valence-electron chi connectivity index (χ4n) is 4.77. The van der Waals surface area contributed by atoms with E-state index in [2.05, 4.69) is 24.8 Å². The molecule has 2 aliphatic heterocycles. The number of aromatic nitrogens is 4. The van der Waals surface area contributed by atoms with Crippen LogP contribution in [0, 0.1) is 0 Å². The van der Waals surface area contributed by atoms with Crippen molar-refractivity contribution in [2.24, 2.45) is 0 Å². The van der Waals surface area contributed by atoms with E-state index in [-0.39, 0.29) is 12.1 Å². The van der Waals surface area contributed by atoms with Gasteiger partial charge in [-0.1, -0.05) is 18.2 Å². The summed E-state index contributed by atoms with van der Waals surface area (Å²) in [6.07, 6.45) is 6.62. The number of hydrogen-bond donors (Lipinski definition) is 2. The molecule has 26 heavy (non-hydrogen) atoms. The summed E-state index contributed by atoms with van der Waals surface area (Å²) >= 11 is 0. The Morgan fingerprint density at radius 1 is 1.15 bits per heavy atom. The van der Waals surface area contributed by atoms with Gasteiger partial charge in [0.25, 0.3) is 0 Å². The average molecular weight is 351 g/mol. The summed E-state index contributed by atoms with van der Waals surface area (Å²) < 4.78 is 5.51. The Labute approximate surface area is 151 Å². The SMILES string of the molecule is COc1ccccc1C1(O)C[C@H]2CC[C@@H](C1)N2c1ncnc2nc[nH]c12. The van der Waals surface area contributed by atoms with Crippen molar-refractivity contribution in [1.29, 1.82) is 0 Å². The van der Waals surface area contributed by atoms with Crippen LogP contribution in [0.2, 0.25) is 0 Å². The molecular weight excluding hydrogens is 330 g/mol. The first-order valence-electron chi connectivity index (χ1n) is 8.98. The van der Waals surface area contributed by atoms with E-state index < -0.39 is 5.60 Å². The number of ether oxygens (including phenoxy) is 1. The lowest BCUT2D eigenvalue weighted by Crippen LogP contribution is -2.50. The van der Waals surface area contributed by atoms with Crippen molar-refractivity contribution in [3.63, 3.8) is 0 Å². The molecule has 0 spiro atoms. The van der Waals surface area contributed by atoms with E-state index in [1.807, 2.05) is 24.3 Å². The van der Waals surface area contributed by atoms with E-state index in [0.717, 1.165) is 35.5 Å². The predicted octanol–water partition coefficient (Wildman–Crippen LogP) is 2.38. The molecule has 7 nitrogen and oxygen atoms in total. The lowest BCUT2D eigenvalue weighted by Gasteiger charge is -2.45. The summed E-state index contributed by atoms with van der Waals surface area (Å²) in [5.74, 6) is 1.64. The topological polar surface area (TPSA) is 87.2 Å². The number of H-pyrrole nitrogens is 1. The zero-order valence-electron chi connectivity index (χ0n) is 14.6. The highest BCUT2D eigenvalue weighted by molar-refractivity contribution is 5.83. The van der Waals surface area contributed by atoms with Crippen molar-refractivity contribution in [2.75, 3.05) is 12.0 Å². The first-order chi connectivity index (χ1) is 12.7. The minimum Gasteiger partial charge on any atom is -0.496 e. The number of aliphatic hydroxyl groups is 1. The highest BCUT2D eigenvalue weighted by Crippen LogP contribution is 2.49. The molecule has 5 rings (SSSR count). The first-order valence-corrected chi connectivity index (χ1v) is 8.98. The van der Waals surface area contributed by atoms with Gasteiger partial charge in [-0.3, -0.25) is 0 Å². The number of para-hydroxylation sites is 1. The third-order valence-electron chi connectivity index (χ3n) is 5.82. The number of methoxy groups -OCH3 is 1. The summed E-state index contributed by atoms with van der Waals surface area (Å²) in [5, 5.41) is 11.5. The molecule has 0 saturated carbocycles. The molecule has 0 aliphatic carbocycles. The summed E-state index contributed by atoms with van der Waals surface area (Å²) in [6.45, 7) is 0. The van der Waals surface area contributed by atoms with Crippen LogP contribution in [0.5, 0.6) is 5.75 Å². The number of nitrogens with one attached hydrogen (secondary N) is 1. The molecule has 3 aromatic rings. The van der Waals surface area contributed by atoms with Gasteiger partial charge in [-0.2, -0.15) is 0 Å². The van der Waals surface area contributed by atoms with Gasteiger partial charge in [-0.05, 0) is 18.9 Å². The van der Waals surface area contributed by atoms with Crippen LogP contribution in [-0.2, 0) is 5.60 Å². The van der Waals surface area contributed by atoms with Gasteiger partial charge < -0.3 is 19.7 Å². The van der Waals surface area contributed by atoms with Crippen molar-refractivity contribution in [2.45, 2.75) is 43.4 Å². The molecule has 2 saturated heterocycles. The number of anilines is 1. The van der Waals surface area contributed by atoms with Gasteiger partial charge >= 0.3 is 0 Å². The van der Waals surface area contributed by atoms with Crippen LogP contribution >= 0.6 is 0 Å². The Hall–Kier alpha value is -2.67. The number of nitrogens with zero attached hydrogens (tertiary/aromatic N) is 4. The van der Waals surface area contributed by atoms with Crippen LogP contribution in [0.3, 0.4) is 0 Å². The second kappa shape index (κ2) is 5.67. The maximum atomic E-state index is 11.5. The first kappa shape index (κ1) is 15.6. The van der Waals surface area contributed by atoms with Gasteiger partial charge in [0, 0.05) is 30.5 Å². The van der Waals surface area contributed by atoms with E-state index in [1.165, 1.54) is 0 Å². The molecular formula is C19H21N5O2. The van der Waals surface area contributed by atoms with Gasteiger partial charge in [-0.15, -0.1) is 0 Å². The number of fused-ring (bicyclic) bond motifs is 3. The van der Waals surface area contributed by atoms with Gasteiger partial charge in [-0.25, -0.2) is 15.0 Å². The fourth-order valence-corrected chi connectivity index (χ4v) is 4.77. The number of piperidine rings is 1. The molecule has 0 radical (unpaired) electrons. The van der Waals surface area contributed by atoms with Crippen LogP contribution in [0.15, 0.2) is 36.9 Å². The third kappa shape index (κ3) is 2.20. The zero-order valence-corrected chi connectivity index (χ0v) is 14.6. The molecule has 2 N–H and O–H groups in total. The van der Waals surface area contributed by atoms with Crippen molar-refractivity contribution >= 4 is 17.0 Å². The third-order valence-corrected chi connectivity index (χ3v) is 5.82. The number of imidazole rings is 1. The Kier molecular flexibility index (Phi) is 3.40. The van der Waals surface area contributed by atoms with Crippen molar-refractivity contribution in [1.82, 2.24) is 19.9 Å². The van der Waals surface area contributed by atoms with Crippen molar-refractivity contribution in [3.8, 4) is 5.75 Å². The maximum Gasteiger partial charge on any atom is 0.182 e. The lowest BCUT2D eigenvalue weighted by molar-refractivity contribution is -0.00503. The standard InChI is InChI=1S/C19H21N5O2/c1-26-15-5-3-2-4-14(15)19(25)8-12-6-7-13(9-19)24(12)18-16-17(21-10-20-16)22-11-23-18/h2-5,10-13,25H,6-9H2,1H3,(H,20,21,22,23)/t12-,13+,19?. The summed E-state index contributed by atoms with van der Waals surface area (Å²) in [7, 11) is 1.65. The van der Waals surface area contributed by atoms with Gasteiger partial charge in [0.1, 0.15) is 17.6 Å². The molecule has 3 atom stereocenters. The number of aromatic amines is 1. The van der Waals surface area contributed by atoms with Crippen LogP contribution < -0.4 is 9.64 Å². The molecule has 1 aromatic carbocycles. The fraction of sp³-hybridized carbons (Fsp3) is 0.421. The quantitative estimate of drug-likeness (QED) is 0.753. The molecule has 134 valence electrons. The molecule has 2 bridgehead atoms. The van der Waals surface area contributed by atoms with Gasteiger partial charge in [0.2, 0.25) is 0 Å². The minimum atomic E-state index is -0.880. The van der Waals surface area contributed by atoms with Crippen molar-refractivity contribution < 1.29 is 9.84 Å². The van der Waals surface area contributed by atoms with E-state index in [4.69, 9.17) is 4.74 Å². The Morgan fingerprint density at radius 2 is 1.92 bits per heavy atom. The summed E-state index contributed by atoms with van der Waals surface area (Å²) in [6, 6.07) is 8.25. The summed E-state index contributed by atoms with van der Waals surface area (Å²) in [5.41, 5.74) is 1.55. The molecule has 4 heterocycles. The second-order valence-electron chi connectivity index (χ2n) is 7.23. The highest BCUT2D eigenvalue weighted by atomic mass is 16.5. The molecule has 0 amide bonds. The molecule has 2 fully saturated rings. The van der Waals surface area contributed by atoms with Crippen LogP contribution in [-0.4, -0.2) is 44.2 Å². The minimum absolute atomic E-state index is 0.227. The molecule has 1 unspecified atom stereocenters. The van der Waals surface area contributed by atoms with E-state index in [1.54, 1.807) is 19.8 Å². The Morgan fingerprint density at radius 3 is 2.69 bits per heavy atom. The zero-order chi connectivity index (χ0) is 17.7. The second-order valence-corrected chi connectivity index (χ2v) is 7.23. The maximum absolute atomic E-state index is 11.5. The van der Waals surface area contributed by atoms with Crippen molar-refractivity contribution in [3.05, 3.63) is 42.5 Å². The average Bonchev–Trinajstić information content (AvgIpc) is 3.25. The van der Waals surface area contributed by atoms with Gasteiger partial charge in [0.15, 0.2) is 11.5 Å². The van der Waals surface area contributed by atoms with Crippen LogP contribution in [0.1, 0.15) is 31.2 Å². The van der Waals surface area contributed by atoms with Crippen LogP contribution in [0.4, 0.5) is 5.82 Å². The molecule has 7 heteroatoms. The Bertz CT molecular complexity index is 942. The lowest BCUT2D eigenvalue weighted by atomic mass is 9.80. The van der Waals surface area contributed by atoms with E-state index in [9.17, 15) is 5.11 Å².